The molecule has 1 fully saturated rings. The minimum Gasteiger partial charge on any atom is -0.493 e. The molecule has 0 saturated carbocycles. The fourth-order valence-corrected chi connectivity index (χ4v) is 3.90. The highest BCUT2D eigenvalue weighted by Gasteiger charge is 2.34. The van der Waals surface area contributed by atoms with Crippen LogP contribution in [0.1, 0.15) is 37.8 Å². The minimum atomic E-state index is -1.05. The van der Waals surface area contributed by atoms with Gasteiger partial charge in [-0.15, -0.1) is 0 Å². The number of hydrogen-bond acceptors (Lipinski definition) is 8. The Bertz CT molecular complexity index is 1460. The molecule has 196 valence electrons. The number of benzene rings is 2. The van der Waals surface area contributed by atoms with Crippen LogP contribution in [0.4, 0.5) is 4.79 Å². The number of amides is 3. The maximum atomic E-state index is 12.9. The van der Waals surface area contributed by atoms with Gasteiger partial charge < -0.3 is 29.1 Å². The SMILES string of the molecule is COC(=O)c1ccc(CN2C(=O)N/C(=C\c3cc(Cl)c(OCc4cccc(C(=O)O)c4)c(OC)c3)C2=O)o1. The predicted octanol–water partition coefficient (Wildman–Crippen LogP) is 4.10. The van der Waals surface area contributed by atoms with Gasteiger partial charge in [0.1, 0.15) is 18.1 Å². The Morgan fingerprint density at radius 1 is 1.13 bits per heavy atom. The molecule has 3 aromatic rings. The lowest BCUT2D eigenvalue weighted by molar-refractivity contribution is -0.123. The van der Waals surface area contributed by atoms with Crippen LogP contribution in [-0.4, -0.2) is 48.1 Å². The molecule has 3 amide bonds. The molecule has 11 nitrogen and oxygen atoms in total. The van der Waals surface area contributed by atoms with Crippen molar-refractivity contribution in [3.05, 3.63) is 87.5 Å². The number of methoxy groups -OCH3 is 2. The van der Waals surface area contributed by atoms with Gasteiger partial charge in [-0.25, -0.2) is 14.4 Å². The van der Waals surface area contributed by atoms with Gasteiger partial charge in [-0.1, -0.05) is 23.7 Å². The van der Waals surface area contributed by atoms with Crippen LogP contribution in [0, 0.1) is 0 Å². The molecular weight excluding hydrogens is 520 g/mol. The van der Waals surface area contributed by atoms with Gasteiger partial charge in [0, 0.05) is 0 Å². The van der Waals surface area contributed by atoms with Gasteiger partial charge in [-0.05, 0) is 53.6 Å². The first kappa shape index (κ1) is 26.3. The number of nitrogens with zero attached hydrogens (tertiary/aromatic N) is 1. The number of carbonyl (C=O) groups excluding carboxylic acids is 3. The van der Waals surface area contributed by atoms with E-state index in [1.807, 2.05) is 0 Å². The van der Waals surface area contributed by atoms with Crippen LogP contribution < -0.4 is 14.8 Å². The Hall–Kier alpha value is -4.77. The number of rotatable bonds is 9. The third-order valence-electron chi connectivity index (χ3n) is 5.44. The third kappa shape index (κ3) is 5.62. The molecule has 12 heteroatoms. The van der Waals surface area contributed by atoms with E-state index in [4.69, 9.17) is 30.6 Å². The molecule has 1 aliphatic rings. The molecule has 2 aromatic carbocycles. The van der Waals surface area contributed by atoms with E-state index in [0.29, 0.717) is 11.1 Å². The van der Waals surface area contributed by atoms with E-state index in [2.05, 4.69) is 10.1 Å². The molecule has 2 heterocycles. The Labute approximate surface area is 221 Å². The normalized spacial score (nSPS) is 14.0. The van der Waals surface area contributed by atoms with Crippen LogP contribution in [0.25, 0.3) is 6.08 Å². The van der Waals surface area contributed by atoms with Gasteiger partial charge in [0.25, 0.3) is 5.91 Å². The monoisotopic (exact) mass is 540 g/mol. The summed E-state index contributed by atoms with van der Waals surface area (Å²) in [5.74, 6) is -1.69. The molecule has 4 rings (SSSR count). The van der Waals surface area contributed by atoms with E-state index in [-0.39, 0.29) is 52.5 Å². The molecule has 0 bridgehead atoms. The molecule has 0 aliphatic carbocycles. The van der Waals surface area contributed by atoms with Crippen LogP contribution in [0.2, 0.25) is 5.02 Å². The van der Waals surface area contributed by atoms with E-state index < -0.39 is 23.9 Å². The van der Waals surface area contributed by atoms with Crippen molar-refractivity contribution >= 4 is 41.6 Å². The number of carboxylic acids is 1. The summed E-state index contributed by atoms with van der Waals surface area (Å²) in [6.45, 7) is -0.162. The highest BCUT2D eigenvalue weighted by Crippen LogP contribution is 2.37. The summed E-state index contributed by atoms with van der Waals surface area (Å²) in [6.07, 6.45) is 1.43. The number of imide groups is 1. The number of carbonyl (C=O) groups is 4. The first-order chi connectivity index (χ1) is 18.2. The maximum absolute atomic E-state index is 12.9. The van der Waals surface area contributed by atoms with E-state index >= 15 is 0 Å². The Kier molecular flexibility index (Phi) is 7.68. The molecule has 0 atom stereocenters. The highest BCUT2D eigenvalue weighted by molar-refractivity contribution is 6.32. The van der Waals surface area contributed by atoms with Crippen molar-refractivity contribution in [2.45, 2.75) is 13.2 Å². The summed E-state index contributed by atoms with van der Waals surface area (Å²) in [4.78, 5) is 49.0. The van der Waals surface area contributed by atoms with Gasteiger partial charge in [0.2, 0.25) is 5.76 Å². The van der Waals surface area contributed by atoms with Gasteiger partial charge >= 0.3 is 18.0 Å². The number of esters is 1. The average Bonchev–Trinajstić information content (AvgIpc) is 3.47. The van der Waals surface area contributed by atoms with Crippen molar-refractivity contribution in [1.82, 2.24) is 10.2 Å². The van der Waals surface area contributed by atoms with E-state index in [1.54, 1.807) is 18.2 Å². The van der Waals surface area contributed by atoms with Crippen LogP contribution in [0.15, 0.2) is 58.6 Å². The van der Waals surface area contributed by atoms with Crippen molar-refractivity contribution in [1.29, 1.82) is 0 Å². The topological polar surface area (TPSA) is 145 Å². The summed E-state index contributed by atoms with van der Waals surface area (Å²) >= 11 is 6.43. The zero-order valence-electron chi connectivity index (χ0n) is 20.1. The molecule has 1 saturated heterocycles. The first-order valence-corrected chi connectivity index (χ1v) is 11.4. The van der Waals surface area contributed by atoms with Crippen molar-refractivity contribution in [3.63, 3.8) is 0 Å². The summed E-state index contributed by atoms with van der Waals surface area (Å²) in [6, 6.07) is 11.6. The predicted molar refractivity (Wildman–Crippen MR) is 133 cm³/mol. The second kappa shape index (κ2) is 11.1. The second-order valence-electron chi connectivity index (χ2n) is 7.97. The van der Waals surface area contributed by atoms with Crippen molar-refractivity contribution in [3.8, 4) is 11.5 Å². The number of hydrogen-bond donors (Lipinski definition) is 2. The second-order valence-corrected chi connectivity index (χ2v) is 8.37. The van der Waals surface area contributed by atoms with Gasteiger partial charge in [0.05, 0.1) is 31.4 Å². The zero-order valence-corrected chi connectivity index (χ0v) is 20.9. The minimum absolute atomic E-state index is 0.00739. The summed E-state index contributed by atoms with van der Waals surface area (Å²) in [5, 5.41) is 11.8. The molecule has 1 aromatic heterocycles. The van der Waals surface area contributed by atoms with Crippen molar-refractivity contribution in [2.75, 3.05) is 14.2 Å². The van der Waals surface area contributed by atoms with Crippen LogP contribution in [0.3, 0.4) is 0 Å². The third-order valence-corrected chi connectivity index (χ3v) is 5.73. The first-order valence-electron chi connectivity index (χ1n) is 11.0. The number of halogens is 1. The van der Waals surface area contributed by atoms with E-state index in [0.717, 1.165) is 4.90 Å². The maximum Gasteiger partial charge on any atom is 0.373 e. The fourth-order valence-electron chi connectivity index (χ4n) is 3.62. The van der Waals surface area contributed by atoms with E-state index in [9.17, 15) is 19.2 Å². The molecule has 0 radical (unpaired) electrons. The summed E-state index contributed by atoms with van der Waals surface area (Å²) < 4.78 is 21.1. The zero-order chi connectivity index (χ0) is 27.4. The molecule has 0 spiro atoms. The molecule has 2 N–H and O–H groups in total. The van der Waals surface area contributed by atoms with Crippen LogP contribution >= 0.6 is 11.6 Å². The summed E-state index contributed by atoms with van der Waals surface area (Å²) in [7, 11) is 2.62. The lowest BCUT2D eigenvalue weighted by atomic mass is 10.1. The molecule has 0 unspecified atom stereocenters. The van der Waals surface area contributed by atoms with Crippen molar-refractivity contribution in [2.24, 2.45) is 0 Å². The largest absolute Gasteiger partial charge is 0.493 e. The number of furan rings is 1. The molecule has 38 heavy (non-hydrogen) atoms. The van der Waals surface area contributed by atoms with Gasteiger partial charge in [0.15, 0.2) is 11.5 Å². The van der Waals surface area contributed by atoms with Gasteiger partial charge in [-0.2, -0.15) is 0 Å². The van der Waals surface area contributed by atoms with E-state index in [1.165, 1.54) is 50.6 Å². The smallest absolute Gasteiger partial charge is 0.373 e. The fraction of sp³-hybridized carbons (Fsp3) is 0.154. The molecular formula is C26H21ClN2O9. The number of nitrogens with one attached hydrogen (secondary N) is 1. The van der Waals surface area contributed by atoms with Gasteiger partial charge in [-0.3, -0.25) is 9.69 Å². The van der Waals surface area contributed by atoms with Crippen LogP contribution in [0.5, 0.6) is 11.5 Å². The quantitative estimate of drug-likeness (QED) is 0.233. The average molecular weight is 541 g/mol. The Balaban J connectivity index is 1.50. The lowest BCUT2D eigenvalue weighted by Gasteiger charge is -2.14. The number of urea groups is 1. The molecule has 1 aliphatic heterocycles. The Morgan fingerprint density at radius 2 is 1.92 bits per heavy atom. The standard InChI is InChI=1S/C26H21ClN2O9/c1-35-21-11-15(9-18(27)22(21)37-13-14-4-3-5-16(8-14)24(31)32)10-19-23(30)29(26(34)28-19)12-17-6-7-20(38-17)25(33)36-2/h3-11H,12-13H2,1-2H3,(H,28,34)(H,31,32)/b19-10-. The van der Waals surface area contributed by atoms with Crippen LogP contribution in [-0.2, 0) is 22.7 Å². The highest BCUT2D eigenvalue weighted by atomic mass is 35.5. The number of ether oxygens (including phenoxy) is 3. The Morgan fingerprint density at radius 3 is 2.63 bits per heavy atom. The number of aromatic carboxylic acids is 1. The van der Waals surface area contributed by atoms with Crippen molar-refractivity contribution < 1.29 is 42.9 Å². The lowest BCUT2D eigenvalue weighted by Crippen LogP contribution is -2.30. The number of carboxylic acid groups (broad SMARTS) is 1. The summed E-state index contributed by atoms with van der Waals surface area (Å²) in [5.41, 5.74) is 1.18.